The SMILES string of the molecule is COc1c(C)cnc(CN2C(=O)/C(=C\c3[nH]c(C)c(C(=O)NCCN4CCCC(O)C4)c3C)c3c(Cl)nc(N)nc32)c1C.COc1c(C)cnc(CN2C(=O)/C(=C\c3[nH]c(C)c(C(=O)NCCN4CCN(C(C)C)CC4)c3C)c3c(Cl)nc(N)nc32)c1C.COc1c(C)cnc(CN2C(=O)/C(=C\c3[nH]c(C)c(C(=O)NC[C@H](O)CN4CCOCC4)c3C)c3c(Cl)nc(N)nc32)c1C. The van der Waals surface area contributed by atoms with Crippen LogP contribution in [0.15, 0.2) is 18.6 Å². The highest BCUT2D eigenvalue weighted by atomic mass is 35.5. The van der Waals surface area contributed by atoms with Gasteiger partial charge in [-0.15, -0.1) is 0 Å². The molecule has 6 aliphatic rings. The Labute approximate surface area is 781 Å². The molecule has 9 aromatic rings. The molecule has 14 N–H and O–H groups in total. The van der Waals surface area contributed by atoms with E-state index >= 15 is 0 Å². The molecule has 0 bridgehead atoms. The molecule has 15 rings (SSSR count). The highest BCUT2D eigenvalue weighted by Gasteiger charge is 2.42. The number of amides is 6. The van der Waals surface area contributed by atoms with Gasteiger partial charge in [-0.25, -0.2) is 15.0 Å². The number of piperidine rings is 1. The molecule has 6 aliphatic heterocycles. The number of aryl methyl sites for hydroxylation is 6. The number of likely N-dealkylation sites (tertiary alicyclic amines) is 1. The van der Waals surface area contributed by atoms with E-state index in [1.54, 1.807) is 72.0 Å². The minimum Gasteiger partial charge on any atom is -0.496 e. The molecule has 0 radical (unpaired) electrons. The number of piperazine rings is 1. The van der Waals surface area contributed by atoms with Gasteiger partial charge in [0, 0.05) is 177 Å². The summed E-state index contributed by atoms with van der Waals surface area (Å²) in [4.78, 5) is 144. The average molecular weight is 1870 g/mol. The van der Waals surface area contributed by atoms with Gasteiger partial charge in [0.05, 0.1) is 134 Å². The number of aromatic nitrogens is 12. The number of H-pyrrole nitrogens is 3. The number of nitrogens with one attached hydrogen (secondary N) is 6. The van der Waals surface area contributed by atoms with E-state index in [0.717, 1.165) is 104 Å². The van der Waals surface area contributed by atoms with Gasteiger partial charge in [0.25, 0.3) is 35.4 Å². The van der Waals surface area contributed by atoms with Gasteiger partial charge in [-0.3, -0.25) is 78.0 Å². The number of pyridine rings is 3. The number of rotatable bonds is 26. The number of morpholine rings is 1. The first-order valence-electron chi connectivity index (χ1n) is 43.8. The number of methoxy groups -OCH3 is 3. The lowest BCUT2D eigenvalue weighted by Gasteiger charge is -2.36. The number of hydrogen-bond donors (Lipinski definition) is 11. The number of aromatic amines is 3. The van der Waals surface area contributed by atoms with Crippen LogP contribution < -0.4 is 62.1 Å². The molecule has 0 aliphatic carbocycles. The number of aliphatic hydroxyl groups excluding tert-OH is 2. The summed E-state index contributed by atoms with van der Waals surface area (Å²) < 4.78 is 22.0. The zero-order valence-corrected chi connectivity index (χ0v) is 79.8. The topological polar surface area (TPSA) is 480 Å². The Morgan fingerprint density at radius 1 is 0.500 bits per heavy atom. The number of anilines is 6. The molecule has 702 valence electrons. The van der Waals surface area contributed by atoms with Gasteiger partial charge in [0.2, 0.25) is 17.8 Å². The number of halogens is 3. The number of carbonyl (C=O) groups is 6. The molecule has 37 nitrogen and oxygen atoms in total. The Bertz CT molecular complexity index is 6050. The zero-order chi connectivity index (χ0) is 95.3. The fourth-order valence-electron chi connectivity index (χ4n) is 17.8. The molecule has 6 amide bonds. The van der Waals surface area contributed by atoms with Crippen LogP contribution in [0.25, 0.3) is 34.9 Å². The quantitative estimate of drug-likeness (QED) is 0.0178. The third kappa shape index (κ3) is 20.9. The summed E-state index contributed by atoms with van der Waals surface area (Å²) in [5.74, 6) is 1.04. The number of fused-ring (bicyclic) bond motifs is 3. The van der Waals surface area contributed by atoms with Crippen molar-refractivity contribution in [3.63, 3.8) is 0 Å². The Morgan fingerprint density at radius 3 is 1.19 bits per heavy atom. The summed E-state index contributed by atoms with van der Waals surface area (Å²) in [7, 11) is 4.79. The summed E-state index contributed by atoms with van der Waals surface area (Å²) in [5, 5.41) is 29.5. The average Bonchev–Trinajstić information content (AvgIpc) is 1.60. The molecule has 0 aromatic carbocycles. The number of nitrogen functional groups attached to an aromatic ring is 3. The molecular formula is C92H116Cl3N25O12. The number of nitrogens with two attached hydrogens (primary N) is 3. The van der Waals surface area contributed by atoms with Crippen molar-refractivity contribution in [2.24, 2.45) is 0 Å². The number of β-amino-alcohol motifs (C(OH)–C–C–N with tert-alkyl or cyclic N) is 2. The second kappa shape index (κ2) is 41.8. The lowest BCUT2D eigenvalue weighted by atomic mass is 10.1. The Hall–Kier alpha value is -12.0. The first kappa shape index (κ1) is 97.5. The minimum absolute atomic E-state index is 0.0360. The number of ether oxygens (including phenoxy) is 4. The monoisotopic (exact) mass is 1870 g/mol. The summed E-state index contributed by atoms with van der Waals surface area (Å²) in [6.45, 7) is 38.4. The second-order valence-electron chi connectivity index (χ2n) is 34.0. The van der Waals surface area contributed by atoms with Crippen molar-refractivity contribution in [1.82, 2.24) is 95.4 Å². The fraction of sp³-hybridized carbons (Fsp3) is 0.446. The molecule has 9 aromatic heterocycles. The van der Waals surface area contributed by atoms with E-state index in [4.69, 9.17) is 71.0 Å². The summed E-state index contributed by atoms with van der Waals surface area (Å²) in [5.41, 5.74) is 34.0. The van der Waals surface area contributed by atoms with Crippen molar-refractivity contribution in [2.75, 3.05) is 158 Å². The Balaban J connectivity index is 0.000000168. The summed E-state index contributed by atoms with van der Waals surface area (Å²) in [6.07, 6.45) is 10.9. The third-order valence-electron chi connectivity index (χ3n) is 24.9. The van der Waals surface area contributed by atoms with Gasteiger partial charge in [-0.05, 0) is 151 Å². The standard InChI is InChI=1S/C32H42ClN9O3.C30H37ClN8O5.C30H37ClN8O4/c1-17(2)41-12-10-40(11-13-41)9-8-35-30(43)25-19(4)23(37-21(25)6)14-22-26-28(33)38-32(34)39-29(26)42(31(22)44)16-24-20(5)27(45-7)18(3)15-36-24;1-15-11-33-22(17(3)25(15)43-5)14-39-27-24(26(31)36-30(32)37-27)20(29(39)42)10-21-16(2)23(18(4)35-21)28(41)34-12-19(40)13-38-6-8-44-9-7-38;1-15-12-34-22(17(3)25(15)43-5)14-39-27-24(26(31)36-30(32)37-27)20(29(39)42)11-21-16(2)23(18(4)35-21)28(41)33-8-10-38-9-6-7-19(40)13-38/h14-15,17,37H,8-13,16H2,1-7H3,(H,35,43)(H2,34,38,39);10-11,19,35,40H,6-9,12-14H2,1-5H3,(H,34,41)(H2,32,36,37);11-12,19,35,40H,6-10,13-14H2,1-5H3,(H,33,41)(H2,32,36,37)/b22-14-;20-10-;20-11-/t;19-;/m.0./s1. The van der Waals surface area contributed by atoms with E-state index in [0.29, 0.717) is 176 Å². The molecule has 15 heterocycles. The van der Waals surface area contributed by atoms with Crippen LogP contribution in [0.1, 0.15) is 176 Å². The van der Waals surface area contributed by atoms with Crippen LogP contribution in [-0.2, 0) is 38.8 Å². The van der Waals surface area contributed by atoms with Crippen molar-refractivity contribution >= 4 is 140 Å². The predicted molar refractivity (Wildman–Crippen MR) is 508 cm³/mol. The lowest BCUT2D eigenvalue weighted by Crippen LogP contribution is -2.50. The molecule has 40 heteroatoms. The van der Waals surface area contributed by atoms with Crippen LogP contribution in [0.2, 0.25) is 15.5 Å². The van der Waals surface area contributed by atoms with Gasteiger partial charge in [-0.1, -0.05) is 34.8 Å². The molecule has 3 saturated heterocycles. The van der Waals surface area contributed by atoms with E-state index in [2.05, 4.69) is 109 Å². The number of nitrogens with zero attached hydrogens (tertiary/aromatic N) is 16. The number of hydrogen-bond acceptors (Lipinski definition) is 28. The van der Waals surface area contributed by atoms with E-state index < -0.39 is 6.10 Å². The first-order valence-corrected chi connectivity index (χ1v) is 44.9. The van der Waals surface area contributed by atoms with Crippen molar-refractivity contribution < 1.29 is 57.9 Å². The van der Waals surface area contributed by atoms with Crippen molar-refractivity contribution in [1.29, 1.82) is 0 Å². The maximum absolute atomic E-state index is 14.0. The first-order chi connectivity index (χ1) is 62.9. The number of carbonyl (C=O) groups excluding carboxylic acids is 6. The highest BCUT2D eigenvalue weighted by Crippen LogP contribution is 2.46. The molecular weight excluding hydrogens is 1750 g/mol. The summed E-state index contributed by atoms with van der Waals surface area (Å²) in [6, 6.07) is 0.548. The lowest BCUT2D eigenvalue weighted by molar-refractivity contribution is -0.113. The molecule has 1 unspecified atom stereocenters. The van der Waals surface area contributed by atoms with Crippen LogP contribution >= 0.6 is 34.8 Å². The Morgan fingerprint density at radius 2 is 0.848 bits per heavy atom. The van der Waals surface area contributed by atoms with Crippen molar-refractivity contribution in [3.8, 4) is 17.2 Å². The van der Waals surface area contributed by atoms with Gasteiger partial charge < -0.3 is 77.3 Å². The van der Waals surface area contributed by atoms with Crippen LogP contribution in [0, 0.1) is 83.1 Å². The largest absolute Gasteiger partial charge is 0.496 e. The zero-order valence-electron chi connectivity index (χ0n) is 77.5. The summed E-state index contributed by atoms with van der Waals surface area (Å²) >= 11 is 19.7. The molecule has 3 fully saturated rings. The Kier molecular flexibility index (Phi) is 30.9. The maximum atomic E-state index is 14.0. The van der Waals surface area contributed by atoms with E-state index in [1.165, 1.54) is 14.7 Å². The normalized spacial score (nSPS) is 17.1. The molecule has 132 heavy (non-hydrogen) atoms. The third-order valence-corrected chi connectivity index (χ3v) is 25.7. The van der Waals surface area contributed by atoms with Crippen LogP contribution in [-0.4, -0.2) is 269 Å². The number of aliphatic hydroxyl groups is 2. The van der Waals surface area contributed by atoms with Crippen LogP contribution in [0.4, 0.5) is 35.3 Å². The van der Waals surface area contributed by atoms with Crippen LogP contribution in [0.5, 0.6) is 17.2 Å². The van der Waals surface area contributed by atoms with E-state index in [9.17, 15) is 39.0 Å². The minimum atomic E-state index is -0.724. The highest BCUT2D eigenvalue weighted by molar-refractivity contribution is 6.43. The van der Waals surface area contributed by atoms with Crippen molar-refractivity contribution in [2.45, 2.75) is 148 Å². The molecule has 0 saturated carbocycles. The van der Waals surface area contributed by atoms with Gasteiger partial charge in [0.1, 0.15) is 32.7 Å². The van der Waals surface area contributed by atoms with Crippen molar-refractivity contribution in [3.05, 3.63) is 169 Å². The van der Waals surface area contributed by atoms with E-state index in [1.807, 2.05) is 69.2 Å². The molecule has 2 atom stereocenters. The second-order valence-corrected chi connectivity index (χ2v) is 35.1. The van der Waals surface area contributed by atoms with Crippen LogP contribution in [0.3, 0.4) is 0 Å². The van der Waals surface area contributed by atoms with Gasteiger partial charge >= 0.3 is 0 Å². The maximum Gasteiger partial charge on any atom is 0.260 e. The predicted octanol–water partition coefficient (Wildman–Crippen LogP) is 8.66. The van der Waals surface area contributed by atoms with E-state index in [-0.39, 0.29) is 124 Å². The molecule has 0 spiro atoms. The van der Waals surface area contributed by atoms with Gasteiger partial charge in [-0.2, -0.15) is 15.0 Å². The fourth-order valence-corrected chi connectivity index (χ4v) is 18.7. The van der Waals surface area contributed by atoms with Gasteiger partial charge in [0.15, 0.2) is 17.5 Å². The smallest absolute Gasteiger partial charge is 0.260 e.